The predicted octanol–water partition coefficient (Wildman–Crippen LogP) is 4.22. The molecule has 2 heteroatoms. The molecule has 0 saturated carbocycles. The first-order valence-electron chi connectivity index (χ1n) is 6.41. The van der Waals surface area contributed by atoms with Gasteiger partial charge in [-0.3, -0.25) is 0 Å². The molecular formula is C15H24FN. The normalized spacial score (nSPS) is 13.8. The Bertz CT molecular complexity index is 371. The maximum Gasteiger partial charge on any atom is 0.126 e. The Kier molecular flexibility index (Phi) is 4.70. The van der Waals surface area contributed by atoms with E-state index >= 15 is 0 Å². The smallest absolute Gasteiger partial charge is 0.126 e. The zero-order valence-corrected chi connectivity index (χ0v) is 11.6. The number of benzene rings is 1. The van der Waals surface area contributed by atoms with E-state index in [1.165, 1.54) is 0 Å². The van der Waals surface area contributed by atoms with Crippen molar-refractivity contribution < 1.29 is 4.39 Å². The topological polar surface area (TPSA) is 12.0 Å². The van der Waals surface area contributed by atoms with Gasteiger partial charge in [0.15, 0.2) is 0 Å². The lowest BCUT2D eigenvalue weighted by molar-refractivity contribution is 0.237. The zero-order valence-electron chi connectivity index (χ0n) is 11.6. The van der Waals surface area contributed by atoms with Crippen LogP contribution in [0.4, 0.5) is 4.39 Å². The molecule has 0 spiro atoms. The summed E-state index contributed by atoms with van der Waals surface area (Å²) in [4.78, 5) is 0. The Hall–Kier alpha value is -0.890. The first-order valence-corrected chi connectivity index (χ1v) is 6.41. The molecule has 1 atom stereocenters. The van der Waals surface area contributed by atoms with Crippen molar-refractivity contribution in [1.29, 1.82) is 0 Å². The zero-order chi connectivity index (χ0) is 13.1. The molecular weight excluding hydrogens is 213 g/mol. The maximum atomic E-state index is 13.6. The van der Waals surface area contributed by atoms with E-state index in [0.29, 0.717) is 5.56 Å². The summed E-state index contributed by atoms with van der Waals surface area (Å²) in [6.07, 6.45) is 1.06. The van der Waals surface area contributed by atoms with Crippen molar-refractivity contribution in [3.8, 4) is 0 Å². The van der Waals surface area contributed by atoms with E-state index in [0.717, 1.165) is 18.5 Å². The fraction of sp³-hybridized carbons (Fsp3) is 0.600. The molecule has 0 aromatic heterocycles. The van der Waals surface area contributed by atoms with Crippen molar-refractivity contribution in [2.75, 3.05) is 6.54 Å². The average Bonchev–Trinajstić information content (AvgIpc) is 2.29. The summed E-state index contributed by atoms with van der Waals surface area (Å²) in [7, 11) is 0. The fourth-order valence-electron chi connectivity index (χ4n) is 2.04. The van der Waals surface area contributed by atoms with Gasteiger partial charge in [0.1, 0.15) is 5.82 Å². The lowest BCUT2D eigenvalue weighted by Gasteiger charge is -2.34. The molecule has 0 fully saturated rings. The second kappa shape index (κ2) is 5.63. The van der Waals surface area contributed by atoms with E-state index in [2.05, 4.69) is 33.0 Å². The predicted molar refractivity (Wildman–Crippen MR) is 71.6 cm³/mol. The summed E-state index contributed by atoms with van der Waals surface area (Å²) in [5.74, 6) is -0.114. The van der Waals surface area contributed by atoms with Crippen molar-refractivity contribution in [2.45, 2.75) is 47.1 Å². The highest BCUT2D eigenvalue weighted by Gasteiger charge is 2.28. The molecule has 0 aliphatic rings. The van der Waals surface area contributed by atoms with E-state index in [-0.39, 0.29) is 17.3 Å². The van der Waals surface area contributed by atoms with E-state index in [1.807, 2.05) is 12.1 Å². The van der Waals surface area contributed by atoms with Crippen molar-refractivity contribution in [3.63, 3.8) is 0 Å². The van der Waals surface area contributed by atoms with Crippen LogP contribution in [-0.2, 0) is 0 Å². The van der Waals surface area contributed by atoms with Crippen molar-refractivity contribution in [2.24, 2.45) is 5.41 Å². The Labute approximate surface area is 104 Å². The SMILES string of the molecule is CCNC(c1ccc(C)c(F)c1)C(C)(C)CC. The van der Waals surface area contributed by atoms with E-state index in [1.54, 1.807) is 13.0 Å². The Morgan fingerprint density at radius 2 is 1.94 bits per heavy atom. The van der Waals surface area contributed by atoms with Gasteiger partial charge < -0.3 is 5.32 Å². The second-order valence-corrected chi connectivity index (χ2v) is 5.34. The molecule has 1 unspecified atom stereocenters. The number of aryl methyl sites for hydroxylation is 1. The third kappa shape index (κ3) is 3.29. The van der Waals surface area contributed by atoms with Crippen LogP contribution in [0.3, 0.4) is 0 Å². The Balaban J connectivity index is 3.09. The first-order chi connectivity index (χ1) is 7.92. The summed E-state index contributed by atoms with van der Waals surface area (Å²) in [5, 5.41) is 3.47. The van der Waals surface area contributed by atoms with Crippen LogP contribution in [0.2, 0.25) is 0 Å². The molecule has 0 radical (unpaired) electrons. The monoisotopic (exact) mass is 237 g/mol. The van der Waals surface area contributed by atoms with Crippen molar-refractivity contribution >= 4 is 0 Å². The highest BCUT2D eigenvalue weighted by molar-refractivity contribution is 5.27. The second-order valence-electron chi connectivity index (χ2n) is 5.34. The number of halogens is 1. The van der Waals surface area contributed by atoms with Gasteiger partial charge in [-0.2, -0.15) is 0 Å². The lowest BCUT2D eigenvalue weighted by atomic mass is 9.78. The van der Waals surface area contributed by atoms with Crippen LogP contribution in [0.5, 0.6) is 0 Å². The van der Waals surface area contributed by atoms with Crippen molar-refractivity contribution in [3.05, 3.63) is 35.1 Å². The molecule has 0 heterocycles. The fourth-order valence-corrected chi connectivity index (χ4v) is 2.04. The Morgan fingerprint density at radius 1 is 1.29 bits per heavy atom. The molecule has 0 aliphatic carbocycles. The van der Waals surface area contributed by atoms with E-state index in [9.17, 15) is 4.39 Å². The molecule has 0 bridgehead atoms. The summed E-state index contributed by atoms with van der Waals surface area (Å²) >= 11 is 0. The van der Waals surface area contributed by atoms with Crippen LogP contribution < -0.4 is 5.32 Å². The third-order valence-electron chi connectivity index (χ3n) is 3.63. The van der Waals surface area contributed by atoms with Crippen molar-refractivity contribution in [1.82, 2.24) is 5.32 Å². The average molecular weight is 237 g/mol. The summed E-state index contributed by atoms with van der Waals surface area (Å²) in [6, 6.07) is 5.76. The minimum absolute atomic E-state index is 0.114. The first kappa shape index (κ1) is 14.2. The summed E-state index contributed by atoms with van der Waals surface area (Å²) in [6.45, 7) is 11.4. The van der Waals surface area contributed by atoms with Gasteiger partial charge in [-0.15, -0.1) is 0 Å². The quantitative estimate of drug-likeness (QED) is 0.808. The largest absolute Gasteiger partial charge is 0.310 e. The molecule has 0 amide bonds. The minimum atomic E-state index is -0.114. The third-order valence-corrected chi connectivity index (χ3v) is 3.63. The van der Waals surface area contributed by atoms with Gasteiger partial charge in [-0.25, -0.2) is 4.39 Å². The number of hydrogen-bond donors (Lipinski definition) is 1. The highest BCUT2D eigenvalue weighted by atomic mass is 19.1. The van der Waals surface area contributed by atoms with Crippen LogP contribution in [0, 0.1) is 18.2 Å². The maximum absolute atomic E-state index is 13.6. The van der Waals surface area contributed by atoms with Gasteiger partial charge in [0.2, 0.25) is 0 Å². The van der Waals surface area contributed by atoms with Gasteiger partial charge in [0, 0.05) is 6.04 Å². The minimum Gasteiger partial charge on any atom is -0.310 e. The van der Waals surface area contributed by atoms with Crippen LogP contribution in [0.15, 0.2) is 18.2 Å². The molecule has 1 nitrogen and oxygen atoms in total. The number of rotatable bonds is 5. The summed E-state index contributed by atoms with van der Waals surface area (Å²) < 4.78 is 13.6. The van der Waals surface area contributed by atoms with E-state index < -0.39 is 0 Å². The van der Waals surface area contributed by atoms with Gasteiger partial charge in [-0.05, 0) is 42.5 Å². The Morgan fingerprint density at radius 3 is 2.41 bits per heavy atom. The summed E-state index contributed by atoms with van der Waals surface area (Å²) in [5.41, 5.74) is 1.87. The number of hydrogen-bond acceptors (Lipinski definition) is 1. The molecule has 0 aliphatic heterocycles. The standard InChI is InChI=1S/C15H24FN/c1-6-15(4,5)14(17-7-2)12-9-8-11(3)13(16)10-12/h8-10,14,17H,6-7H2,1-5H3. The molecule has 1 aromatic rings. The van der Waals surface area contributed by atoms with Crippen LogP contribution >= 0.6 is 0 Å². The van der Waals surface area contributed by atoms with Gasteiger partial charge >= 0.3 is 0 Å². The molecule has 0 saturated heterocycles. The van der Waals surface area contributed by atoms with Crippen LogP contribution in [0.1, 0.15) is 51.3 Å². The van der Waals surface area contributed by atoms with E-state index in [4.69, 9.17) is 0 Å². The van der Waals surface area contributed by atoms with Gasteiger partial charge in [0.05, 0.1) is 0 Å². The lowest BCUT2D eigenvalue weighted by Crippen LogP contribution is -2.33. The van der Waals surface area contributed by atoms with Gasteiger partial charge in [-0.1, -0.05) is 39.8 Å². The molecule has 1 N–H and O–H groups in total. The molecule has 17 heavy (non-hydrogen) atoms. The van der Waals surface area contributed by atoms with Gasteiger partial charge in [0.25, 0.3) is 0 Å². The molecule has 1 rings (SSSR count). The van der Waals surface area contributed by atoms with Crippen LogP contribution in [0.25, 0.3) is 0 Å². The number of nitrogens with one attached hydrogen (secondary N) is 1. The highest BCUT2D eigenvalue weighted by Crippen LogP contribution is 2.36. The molecule has 96 valence electrons. The van der Waals surface area contributed by atoms with Crippen LogP contribution in [-0.4, -0.2) is 6.54 Å². The molecule has 1 aromatic carbocycles.